The quantitative estimate of drug-likeness (QED) is 0.510. The van der Waals surface area contributed by atoms with Gasteiger partial charge in [0.1, 0.15) is 0 Å². The lowest BCUT2D eigenvalue weighted by Gasteiger charge is -2.08. The zero-order valence-corrected chi connectivity index (χ0v) is 16.1. The van der Waals surface area contributed by atoms with Crippen LogP contribution in [0.4, 0.5) is 11.6 Å². The van der Waals surface area contributed by atoms with E-state index < -0.39 is 0 Å². The van der Waals surface area contributed by atoms with Gasteiger partial charge < -0.3 is 9.88 Å². The molecule has 0 fully saturated rings. The summed E-state index contributed by atoms with van der Waals surface area (Å²) in [6.45, 7) is 4.26. The Balaban J connectivity index is 1.77. The summed E-state index contributed by atoms with van der Waals surface area (Å²) in [5.74, 6) is 0.411. The van der Waals surface area contributed by atoms with Gasteiger partial charge in [-0.2, -0.15) is 5.26 Å². The van der Waals surface area contributed by atoms with Crippen LogP contribution in [0.3, 0.4) is 0 Å². The van der Waals surface area contributed by atoms with E-state index in [-0.39, 0.29) is 0 Å². The van der Waals surface area contributed by atoms with Crippen molar-refractivity contribution < 1.29 is 0 Å². The minimum atomic E-state index is 0.299. The molecule has 0 atom stereocenters. The van der Waals surface area contributed by atoms with Crippen LogP contribution in [0, 0.1) is 11.3 Å². The third-order valence-electron chi connectivity index (χ3n) is 4.47. The monoisotopic (exact) mass is 388 g/mol. The molecule has 0 saturated carbocycles. The first-order chi connectivity index (χ1) is 13.6. The molecule has 0 spiro atoms. The molecule has 4 aromatic rings. The molecule has 0 aliphatic rings. The SMILES string of the molecule is CC(C)n1cc(-c2ccnc(Nc3cc(C#N)ccc3Cl)n2)c2ccncc21. The summed E-state index contributed by atoms with van der Waals surface area (Å²) in [6, 6.07) is 11.3. The lowest BCUT2D eigenvalue weighted by atomic mass is 10.1. The van der Waals surface area contributed by atoms with E-state index in [1.807, 2.05) is 18.3 Å². The van der Waals surface area contributed by atoms with Gasteiger partial charge in [-0.05, 0) is 44.2 Å². The van der Waals surface area contributed by atoms with Crippen molar-refractivity contribution in [1.29, 1.82) is 5.26 Å². The first kappa shape index (κ1) is 18.0. The number of nitrogens with zero attached hydrogens (tertiary/aromatic N) is 5. The van der Waals surface area contributed by atoms with Crippen molar-refractivity contribution in [2.24, 2.45) is 0 Å². The maximum Gasteiger partial charge on any atom is 0.227 e. The predicted molar refractivity (Wildman–Crippen MR) is 111 cm³/mol. The van der Waals surface area contributed by atoms with Crippen molar-refractivity contribution in [3.8, 4) is 17.3 Å². The Morgan fingerprint density at radius 3 is 2.82 bits per heavy atom. The number of rotatable bonds is 4. The van der Waals surface area contributed by atoms with Gasteiger partial charge in [0.05, 0.1) is 39.8 Å². The Morgan fingerprint density at radius 1 is 1.18 bits per heavy atom. The maximum absolute atomic E-state index is 9.10. The zero-order valence-electron chi connectivity index (χ0n) is 15.4. The van der Waals surface area contributed by atoms with Crippen LogP contribution in [-0.4, -0.2) is 19.5 Å². The molecule has 0 radical (unpaired) electrons. The standard InChI is InChI=1S/C21H17ClN6/c1-13(2)28-12-16(15-5-7-24-11-20(15)28)18-6-8-25-21(26-18)27-19-9-14(10-23)3-4-17(19)22/h3-9,11-13H,1-2H3,(H,25,26,27). The summed E-state index contributed by atoms with van der Waals surface area (Å²) in [5, 5.41) is 13.8. The number of nitriles is 1. The van der Waals surface area contributed by atoms with E-state index in [9.17, 15) is 0 Å². The maximum atomic E-state index is 9.10. The van der Waals surface area contributed by atoms with Gasteiger partial charge >= 0.3 is 0 Å². The number of nitrogens with one attached hydrogen (secondary N) is 1. The van der Waals surface area contributed by atoms with E-state index in [1.54, 1.807) is 30.6 Å². The Kier molecular flexibility index (Phi) is 4.68. The van der Waals surface area contributed by atoms with Crippen LogP contribution in [0.25, 0.3) is 22.2 Å². The molecule has 3 aromatic heterocycles. The fraction of sp³-hybridized carbons (Fsp3) is 0.143. The average molecular weight is 389 g/mol. The second-order valence-electron chi connectivity index (χ2n) is 6.63. The van der Waals surface area contributed by atoms with Gasteiger partial charge in [0.25, 0.3) is 0 Å². The minimum Gasteiger partial charge on any atom is -0.343 e. The fourth-order valence-corrected chi connectivity index (χ4v) is 3.27. The molecule has 0 unspecified atom stereocenters. The molecule has 1 N–H and O–H groups in total. The Bertz CT molecular complexity index is 1210. The summed E-state index contributed by atoms with van der Waals surface area (Å²) in [4.78, 5) is 13.2. The van der Waals surface area contributed by atoms with Gasteiger partial charge in [0.2, 0.25) is 5.95 Å². The molecule has 0 aliphatic heterocycles. The van der Waals surface area contributed by atoms with Gasteiger partial charge in [-0.15, -0.1) is 0 Å². The number of halogens is 1. The van der Waals surface area contributed by atoms with E-state index in [0.29, 0.717) is 28.3 Å². The van der Waals surface area contributed by atoms with E-state index >= 15 is 0 Å². The molecule has 0 bridgehead atoms. The second kappa shape index (κ2) is 7.29. The summed E-state index contributed by atoms with van der Waals surface area (Å²) < 4.78 is 2.18. The number of hydrogen-bond donors (Lipinski definition) is 1. The highest BCUT2D eigenvalue weighted by Gasteiger charge is 2.14. The minimum absolute atomic E-state index is 0.299. The van der Waals surface area contributed by atoms with Crippen molar-refractivity contribution in [3.05, 3.63) is 65.7 Å². The normalized spacial score (nSPS) is 11.0. The van der Waals surface area contributed by atoms with Crippen molar-refractivity contribution in [1.82, 2.24) is 19.5 Å². The predicted octanol–water partition coefficient (Wildman–Crippen LogP) is 5.34. The van der Waals surface area contributed by atoms with E-state index in [0.717, 1.165) is 22.2 Å². The molecule has 4 rings (SSSR count). The number of hydrogen-bond acceptors (Lipinski definition) is 5. The number of fused-ring (bicyclic) bond motifs is 1. The molecule has 0 aliphatic carbocycles. The van der Waals surface area contributed by atoms with Gasteiger partial charge in [-0.1, -0.05) is 11.6 Å². The van der Waals surface area contributed by atoms with Crippen LogP contribution in [0.1, 0.15) is 25.5 Å². The highest BCUT2D eigenvalue weighted by atomic mass is 35.5. The van der Waals surface area contributed by atoms with Crippen LogP contribution in [-0.2, 0) is 0 Å². The number of pyridine rings is 1. The molecule has 28 heavy (non-hydrogen) atoms. The molecule has 7 heteroatoms. The third kappa shape index (κ3) is 3.28. The van der Waals surface area contributed by atoms with Crippen LogP contribution in [0.15, 0.2) is 55.1 Å². The molecular formula is C21H17ClN6. The molecule has 1 aromatic carbocycles. The first-order valence-electron chi connectivity index (χ1n) is 8.81. The Morgan fingerprint density at radius 2 is 2.04 bits per heavy atom. The van der Waals surface area contributed by atoms with Crippen molar-refractivity contribution in [2.75, 3.05) is 5.32 Å². The number of benzene rings is 1. The largest absolute Gasteiger partial charge is 0.343 e. The van der Waals surface area contributed by atoms with Gasteiger partial charge in [-0.25, -0.2) is 9.97 Å². The van der Waals surface area contributed by atoms with Crippen LogP contribution < -0.4 is 5.32 Å². The van der Waals surface area contributed by atoms with Gasteiger partial charge in [0, 0.05) is 35.6 Å². The van der Waals surface area contributed by atoms with E-state index in [4.69, 9.17) is 16.9 Å². The van der Waals surface area contributed by atoms with Gasteiger partial charge in [0.15, 0.2) is 0 Å². The van der Waals surface area contributed by atoms with Crippen LogP contribution >= 0.6 is 11.6 Å². The molecule has 0 saturated heterocycles. The smallest absolute Gasteiger partial charge is 0.227 e. The highest BCUT2D eigenvalue weighted by Crippen LogP contribution is 2.32. The summed E-state index contributed by atoms with van der Waals surface area (Å²) in [7, 11) is 0. The number of anilines is 2. The van der Waals surface area contributed by atoms with Crippen molar-refractivity contribution in [3.63, 3.8) is 0 Å². The molecule has 138 valence electrons. The zero-order chi connectivity index (χ0) is 19.7. The molecule has 3 heterocycles. The lowest BCUT2D eigenvalue weighted by Crippen LogP contribution is -1.99. The Labute approximate surface area is 167 Å². The van der Waals surface area contributed by atoms with Crippen molar-refractivity contribution in [2.45, 2.75) is 19.9 Å². The van der Waals surface area contributed by atoms with Gasteiger partial charge in [-0.3, -0.25) is 4.98 Å². The molecular weight excluding hydrogens is 372 g/mol. The molecule has 6 nitrogen and oxygen atoms in total. The third-order valence-corrected chi connectivity index (χ3v) is 4.80. The van der Waals surface area contributed by atoms with Crippen molar-refractivity contribution >= 4 is 34.1 Å². The Hall–Kier alpha value is -3.43. The first-order valence-corrected chi connectivity index (χ1v) is 9.19. The average Bonchev–Trinajstić information content (AvgIpc) is 3.10. The van der Waals surface area contributed by atoms with Crippen LogP contribution in [0.5, 0.6) is 0 Å². The molecule has 0 amide bonds. The lowest BCUT2D eigenvalue weighted by molar-refractivity contribution is 0.622. The highest BCUT2D eigenvalue weighted by molar-refractivity contribution is 6.33. The summed E-state index contributed by atoms with van der Waals surface area (Å²) >= 11 is 6.24. The summed E-state index contributed by atoms with van der Waals surface area (Å²) in [5.41, 5.74) is 3.96. The number of aromatic nitrogens is 4. The fourth-order valence-electron chi connectivity index (χ4n) is 3.11. The topological polar surface area (TPSA) is 79.4 Å². The van der Waals surface area contributed by atoms with Crippen LogP contribution in [0.2, 0.25) is 5.02 Å². The van der Waals surface area contributed by atoms with E-state index in [1.165, 1.54) is 0 Å². The second-order valence-corrected chi connectivity index (χ2v) is 7.04. The van der Waals surface area contributed by atoms with E-state index in [2.05, 4.69) is 50.9 Å². The summed E-state index contributed by atoms with van der Waals surface area (Å²) in [6.07, 6.45) is 7.44.